The molecule has 144 valence electrons. The normalized spacial score (nSPS) is 17.3. The van der Waals surface area contributed by atoms with E-state index in [-0.39, 0.29) is 16.8 Å². The van der Waals surface area contributed by atoms with E-state index in [9.17, 15) is 14.7 Å². The molecule has 1 amide bonds. The highest BCUT2D eigenvalue weighted by Crippen LogP contribution is 2.38. The van der Waals surface area contributed by atoms with Crippen molar-refractivity contribution in [2.24, 2.45) is 5.41 Å². The van der Waals surface area contributed by atoms with Crippen molar-refractivity contribution in [2.45, 2.75) is 46.1 Å². The van der Waals surface area contributed by atoms with Crippen molar-refractivity contribution in [3.05, 3.63) is 50.4 Å². The molecule has 1 aliphatic rings. The molecule has 2 aromatic rings. The van der Waals surface area contributed by atoms with Crippen molar-refractivity contribution in [3.8, 4) is 0 Å². The molecule has 0 aliphatic carbocycles. The number of carboxylic acids is 1. The molecule has 0 saturated carbocycles. The van der Waals surface area contributed by atoms with Crippen LogP contribution in [0.25, 0.3) is 0 Å². The predicted molar refractivity (Wildman–Crippen MR) is 106 cm³/mol. The van der Waals surface area contributed by atoms with Gasteiger partial charge in [-0.1, -0.05) is 44.5 Å². The second-order valence-electron chi connectivity index (χ2n) is 7.84. The van der Waals surface area contributed by atoms with Crippen LogP contribution < -0.4 is 0 Å². The summed E-state index contributed by atoms with van der Waals surface area (Å²) in [6.07, 6.45) is 2.14. The summed E-state index contributed by atoms with van der Waals surface area (Å²) >= 11 is 7.11. The average Bonchev–Trinajstić information content (AvgIpc) is 3.22. The molecule has 5 nitrogen and oxygen atoms in total. The fraction of sp³-hybridized carbons (Fsp3) is 0.450. The Labute approximate surface area is 168 Å². The smallest absolute Gasteiger partial charge is 0.347 e. The van der Waals surface area contributed by atoms with E-state index >= 15 is 0 Å². The Bertz CT molecular complexity index is 855. The van der Waals surface area contributed by atoms with Crippen molar-refractivity contribution in [3.63, 3.8) is 0 Å². The highest BCUT2D eigenvalue weighted by atomic mass is 35.5. The maximum Gasteiger partial charge on any atom is 0.347 e. The third-order valence-corrected chi connectivity index (χ3v) is 6.07. The topological polar surface area (TPSA) is 70.5 Å². The van der Waals surface area contributed by atoms with E-state index in [0.717, 1.165) is 18.4 Å². The summed E-state index contributed by atoms with van der Waals surface area (Å²) in [4.78, 5) is 31.3. The third kappa shape index (κ3) is 4.33. The van der Waals surface area contributed by atoms with Crippen molar-refractivity contribution >= 4 is 34.8 Å². The molecular formula is C20H23ClN2O3S. The van der Waals surface area contributed by atoms with Gasteiger partial charge < -0.3 is 10.0 Å². The van der Waals surface area contributed by atoms with Gasteiger partial charge in [0.15, 0.2) is 0 Å². The number of benzene rings is 1. The molecule has 7 heteroatoms. The maximum absolute atomic E-state index is 12.8. The SMILES string of the molecule is CC(C)(C)C(=O)N1CCC[C@@H]1c1nc(Cc2ccc(Cl)cc2)c(C(=O)O)s1. The summed E-state index contributed by atoms with van der Waals surface area (Å²) < 4.78 is 0. The number of halogens is 1. The van der Waals surface area contributed by atoms with Crippen LogP contribution in [0.4, 0.5) is 0 Å². The number of carbonyl (C=O) groups excluding carboxylic acids is 1. The lowest BCUT2D eigenvalue weighted by atomic mass is 9.94. The van der Waals surface area contributed by atoms with Gasteiger partial charge in [0.05, 0.1) is 11.7 Å². The Morgan fingerprint density at radius 1 is 1.30 bits per heavy atom. The van der Waals surface area contributed by atoms with E-state index in [0.29, 0.717) is 28.7 Å². The van der Waals surface area contributed by atoms with Crippen LogP contribution in [0.1, 0.15) is 65.6 Å². The summed E-state index contributed by atoms with van der Waals surface area (Å²) in [5.41, 5.74) is 1.02. The molecule has 1 aromatic heterocycles. The first-order valence-electron chi connectivity index (χ1n) is 8.95. The number of carboxylic acid groups (broad SMARTS) is 1. The van der Waals surface area contributed by atoms with Crippen LogP contribution in [0.3, 0.4) is 0 Å². The maximum atomic E-state index is 12.8. The summed E-state index contributed by atoms with van der Waals surface area (Å²) in [6, 6.07) is 7.17. The van der Waals surface area contributed by atoms with Crippen LogP contribution in [-0.4, -0.2) is 33.4 Å². The van der Waals surface area contributed by atoms with Gasteiger partial charge >= 0.3 is 5.97 Å². The molecule has 1 aliphatic heterocycles. The minimum Gasteiger partial charge on any atom is -0.477 e. The number of hydrogen-bond donors (Lipinski definition) is 1. The summed E-state index contributed by atoms with van der Waals surface area (Å²) in [5, 5.41) is 11.0. The quantitative estimate of drug-likeness (QED) is 0.791. The molecule has 1 N–H and O–H groups in total. The largest absolute Gasteiger partial charge is 0.477 e. The zero-order chi connectivity index (χ0) is 19.8. The minimum absolute atomic E-state index is 0.0799. The number of thiazole rings is 1. The van der Waals surface area contributed by atoms with Gasteiger partial charge in [0.25, 0.3) is 0 Å². The first-order valence-corrected chi connectivity index (χ1v) is 10.1. The number of aromatic nitrogens is 1. The second-order valence-corrected chi connectivity index (χ2v) is 9.31. The molecule has 1 saturated heterocycles. The Morgan fingerprint density at radius 2 is 1.96 bits per heavy atom. The minimum atomic E-state index is -0.977. The van der Waals surface area contributed by atoms with E-state index in [1.54, 1.807) is 12.1 Å². The van der Waals surface area contributed by atoms with Gasteiger partial charge in [0.2, 0.25) is 5.91 Å². The lowest BCUT2D eigenvalue weighted by molar-refractivity contribution is -0.140. The Hall–Kier alpha value is -1.92. The highest BCUT2D eigenvalue weighted by molar-refractivity contribution is 7.13. The monoisotopic (exact) mass is 406 g/mol. The third-order valence-electron chi connectivity index (χ3n) is 4.63. The molecule has 3 rings (SSSR count). The van der Waals surface area contributed by atoms with Gasteiger partial charge in [0.1, 0.15) is 9.88 Å². The summed E-state index contributed by atoms with van der Waals surface area (Å²) in [7, 11) is 0. The highest BCUT2D eigenvalue weighted by Gasteiger charge is 2.37. The standard InChI is InChI=1S/C20H23ClN2O3S/c1-20(2,3)19(26)23-10-4-5-15(23)17-22-14(16(27-17)18(24)25)11-12-6-8-13(21)9-7-12/h6-9,15H,4-5,10-11H2,1-3H3,(H,24,25)/t15-/m1/s1. The Kier molecular flexibility index (Phi) is 5.58. The van der Waals surface area contributed by atoms with Crippen LogP contribution in [0.5, 0.6) is 0 Å². The number of likely N-dealkylation sites (tertiary alicyclic amines) is 1. The van der Waals surface area contributed by atoms with E-state index in [2.05, 4.69) is 4.98 Å². The summed E-state index contributed by atoms with van der Waals surface area (Å²) in [5.74, 6) is -0.897. The number of rotatable bonds is 4. The number of nitrogens with zero attached hydrogens (tertiary/aromatic N) is 2. The zero-order valence-electron chi connectivity index (χ0n) is 15.7. The number of amides is 1. The molecular weight excluding hydrogens is 384 g/mol. The molecule has 27 heavy (non-hydrogen) atoms. The van der Waals surface area contributed by atoms with E-state index < -0.39 is 11.4 Å². The molecule has 1 aromatic carbocycles. The fourth-order valence-electron chi connectivity index (χ4n) is 3.29. The molecule has 1 atom stereocenters. The molecule has 0 radical (unpaired) electrons. The number of aromatic carboxylic acids is 1. The number of carbonyl (C=O) groups is 2. The van der Waals surface area contributed by atoms with Crippen molar-refractivity contribution in [1.82, 2.24) is 9.88 Å². The average molecular weight is 407 g/mol. The fourth-order valence-corrected chi connectivity index (χ4v) is 4.49. The van der Waals surface area contributed by atoms with Gasteiger partial charge in [-0.15, -0.1) is 11.3 Å². The molecule has 2 heterocycles. The lowest BCUT2D eigenvalue weighted by Crippen LogP contribution is -2.38. The van der Waals surface area contributed by atoms with Gasteiger partial charge in [0, 0.05) is 23.4 Å². The van der Waals surface area contributed by atoms with Gasteiger partial charge in [-0.2, -0.15) is 0 Å². The van der Waals surface area contributed by atoms with Crippen LogP contribution in [-0.2, 0) is 11.2 Å². The summed E-state index contributed by atoms with van der Waals surface area (Å²) in [6.45, 7) is 6.40. The van der Waals surface area contributed by atoms with Crippen LogP contribution in [0.15, 0.2) is 24.3 Å². The molecule has 1 fully saturated rings. The van der Waals surface area contributed by atoms with Gasteiger partial charge in [-0.25, -0.2) is 9.78 Å². The van der Waals surface area contributed by atoms with Crippen LogP contribution >= 0.6 is 22.9 Å². The van der Waals surface area contributed by atoms with Crippen LogP contribution in [0, 0.1) is 5.41 Å². The van der Waals surface area contributed by atoms with E-state index in [1.165, 1.54) is 11.3 Å². The van der Waals surface area contributed by atoms with Crippen LogP contribution in [0.2, 0.25) is 5.02 Å². The Morgan fingerprint density at radius 3 is 2.56 bits per heavy atom. The van der Waals surface area contributed by atoms with Crippen molar-refractivity contribution in [2.75, 3.05) is 6.54 Å². The molecule has 0 bridgehead atoms. The Balaban J connectivity index is 1.91. The number of hydrogen-bond acceptors (Lipinski definition) is 4. The van der Waals surface area contributed by atoms with Gasteiger partial charge in [-0.05, 0) is 30.5 Å². The first-order chi connectivity index (χ1) is 12.7. The molecule has 0 unspecified atom stereocenters. The first kappa shape index (κ1) is 19.8. The van der Waals surface area contributed by atoms with Crippen molar-refractivity contribution in [1.29, 1.82) is 0 Å². The predicted octanol–water partition coefficient (Wildman–Crippen LogP) is 4.80. The second kappa shape index (κ2) is 7.60. The lowest BCUT2D eigenvalue weighted by Gasteiger charge is -2.29. The zero-order valence-corrected chi connectivity index (χ0v) is 17.2. The van der Waals surface area contributed by atoms with E-state index in [4.69, 9.17) is 11.6 Å². The molecule has 0 spiro atoms. The van der Waals surface area contributed by atoms with E-state index in [1.807, 2.05) is 37.8 Å². The van der Waals surface area contributed by atoms with Crippen molar-refractivity contribution < 1.29 is 14.7 Å². The van der Waals surface area contributed by atoms with Gasteiger partial charge in [-0.3, -0.25) is 4.79 Å².